The molecule has 0 spiro atoms. The van der Waals surface area contributed by atoms with E-state index in [0.29, 0.717) is 46.0 Å². The molecule has 8 nitrogen and oxygen atoms in total. The van der Waals surface area contributed by atoms with Crippen LogP contribution in [0.3, 0.4) is 0 Å². The summed E-state index contributed by atoms with van der Waals surface area (Å²) >= 11 is 0. The van der Waals surface area contributed by atoms with E-state index in [0.717, 1.165) is 0 Å². The fourth-order valence-corrected chi connectivity index (χ4v) is 1.71. The fraction of sp³-hybridized carbons (Fsp3) is 0.769. The lowest BCUT2D eigenvalue weighted by molar-refractivity contribution is -0.142. The Balaban J connectivity index is 2.02. The topological polar surface area (TPSA) is 103 Å². The lowest BCUT2D eigenvalue weighted by atomic mass is 10.2. The lowest BCUT2D eigenvalue weighted by Crippen LogP contribution is -2.40. The van der Waals surface area contributed by atoms with Gasteiger partial charge in [-0.05, 0) is 6.92 Å². The molecule has 1 aliphatic rings. The molecule has 8 heteroatoms. The van der Waals surface area contributed by atoms with Crippen LogP contribution in [0.4, 0.5) is 0 Å². The van der Waals surface area contributed by atoms with E-state index in [-0.39, 0.29) is 6.42 Å². The molecule has 1 rings (SSSR count). The standard InChI is InChI=1S/C13H22N2O6/c1-2-19-7-8-20-6-4-14-11(16)9-12(17)15-10-3-5-21-13(10)18/h10H,2-9H2,1H3,(H,14,16)(H,15,17)/t10-/m0/s1. The van der Waals surface area contributed by atoms with Gasteiger partial charge in [0, 0.05) is 19.6 Å². The Kier molecular flexibility index (Phi) is 8.37. The van der Waals surface area contributed by atoms with Gasteiger partial charge in [0.25, 0.3) is 0 Å². The summed E-state index contributed by atoms with van der Waals surface area (Å²) in [5.41, 5.74) is 0. The third-order valence-corrected chi connectivity index (χ3v) is 2.74. The number of nitrogens with one attached hydrogen (secondary N) is 2. The molecule has 0 aromatic carbocycles. The smallest absolute Gasteiger partial charge is 0.328 e. The number of carbonyl (C=O) groups excluding carboxylic acids is 3. The zero-order valence-corrected chi connectivity index (χ0v) is 12.2. The number of cyclic esters (lactones) is 1. The van der Waals surface area contributed by atoms with E-state index in [4.69, 9.17) is 14.2 Å². The second-order valence-electron chi connectivity index (χ2n) is 4.41. The van der Waals surface area contributed by atoms with Crippen LogP contribution in [0, 0.1) is 0 Å². The highest BCUT2D eigenvalue weighted by molar-refractivity contribution is 5.98. The van der Waals surface area contributed by atoms with Crippen LogP contribution in [0.5, 0.6) is 0 Å². The molecule has 2 amide bonds. The molecule has 1 fully saturated rings. The van der Waals surface area contributed by atoms with Crippen molar-refractivity contribution in [2.45, 2.75) is 25.8 Å². The third kappa shape index (κ3) is 7.62. The van der Waals surface area contributed by atoms with Crippen molar-refractivity contribution in [3.63, 3.8) is 0 Å². The van der Waals surface area contributed by atoms with Crippen molar-refractivity contribution < 1.29 is 28.6 Å². The van der Waals surface area contributed by atoms with E-state index in [1.54, 1.807) is 0 Å². The lowest BCUT2D eigenvalue weighted by Gasteiger charge is -2.09. The summed E-state index contributed by atoms with van der Waals surface area (Å²) in [6, 6.07) is -0.632. The van der Waals surface area contributed by atoms with Gasteiger partial charge in [-0.3, -0.25) is 9.59 Å². The minimum atomic E-state index is -0.632. The van der Waals surface area contributed by atoms with Crippen molar-refractivity contribution in [3.8, 4) is 0 Å². The first-order valence-electron chi connectivity index (χ1n) is 7.01. The molecular weight excluding hydrogens is 280 g/mol. The van der Waals surface area contributed by atoms with E-state index in [1.807, 2.05) is 6.92 Å². The predicted octanol–water partition coefficient (Wildman–Crippen LogP) is -1.02. The van der Waals surface area contributed by atoms with Crippen molar-refractivity contribution in [2.75, 3.05) is 39.6 Å². The first-order valence-corrected chi connectivity index (χ1v) is 7.01. The van der Waals surface area contributed by atoms with Gasteiger partial charge < -0.3 is 24.8 Å². The Hall–Kier alpha value is -1.67. The van der Waals surface area contributed by atoms with Gasteiger partial charge in [-0.2, -0.15) is 0 Å². The molecule has 0 aromatic heterocycles. The summed E-state index contributed by atoms with van der Waals surface area (Å²) in [6.07, 6.45) is 0.128. The molecule has 0 bridgehead atoms. The van der Waals surface area contributed by atoms with Gasteiger partial charge in [0.1, 0.15) is 12.5 Å². The average molecular weight is 302 g/mol. The van der Waals surface area contributed by atoms with E-state index >= 15 is 0 Å². The summed E-state index contributed by atoms with van der Waals surface area (Å²) in [5, 5.41) is 5.02. The number of hydrogen-bond donors (Lipinski definition) is 2. The Labute approximate surface area is 123 Å². The number of rotatable bonds is 10. The van der Waals surface area contributed by atoms with Gasteiger partial charge in [0.05, 0.1) is 26.4 Å². The van der Waals surface area contributed by atoms with Crippen LogP contribution in [0.1, 0.15) is 19.8 Å². The second-order valence-corrected chi connectivity index (χ2v) is 4.41. The first kappa shape index (κ1) is 17.4. The van der Waals surface area contributed by atoms with E-state index in [2.05, 4.69) is 10.6 Å². The molecule has 0 unspecified atom stereocenters. The maximum absolute atomic E-state index is 11.5. The second kappa shape index (κ2) is 10.1. The highest BCUT2D eigenvalue weighted by Gasteiger charge is 2.28. The summed E-state index contributed by atoms with van der Waals surface area (Å²) < 4.78 is 15.0. The summed E-state index contributed by atoms with van der Waals surface area (Å²) in [6.45, 7) is 4.51. The fourth-order valence-electron chi connectivity index (χ4n) is 1.71. The maximum Gasteiger partial charge on any atom is 0.328 e. The highest BCUT2D eigenvalue weighted by Crippen LogP contribution is 2.05. The van der Waals surface area contributed by atoms with Crippen molar-refractivity contribution in [3.05, 3.63) is 0 Å². The van der Waals surface area contributed by atoms with Crippen molar-refractivity contribution in [2.24, 2.45) is 0 Å². The number of carbonyl (C=O) groups is 3. The SMILES string of the molecule is CCOCCOCCNC(=O)CC(=O)N[C@H]1CCOC1=O. The van der Waals surface area contributed by atoms with Gasteiger partial charge in [-0.1, -0.05) is 0 Å². The number of ether oxygens (including phenoxy) is 3. The average Bonchev–Trinajstić information content (AvgIpc) is 2.83. The monoisotopic (exact) mass is 302 g/mol. The van der Waals surface area contributed by atoms with Crippen molar-refractivity contribution >= 4 is 17.8 Å². The third-order valence-electron chi connectivity index (χ3n) is 2.74. The molecular formula is C13H22N2O6. The van der Waals surface area contributed by atoms with Crippen LogP contribution in [0.2, 0.25) is 0 Å². The minimum absolute atomic E-state index is 0.301. The first-order chi connectivity index (χ1) is 10.1. The molecule has 0 saturated carbocycles. The number of esters is 1. The molecule has 0 aliphatic carbocycles. The summed E-state index contributed by atoms with van der Waals surface area (Å²) in [5.74, 6) is -1.35. The largest absolute Gasteiger partial charge is 0.464 e. The Morgan fingerprint density at radius 1 is 1.24 bits per heavy atom. The van der Waals surface area contributed by atoms with Gasteiger partial charge in [-0.15, -0.1) is 0 Å². The van der Waals surface area contributed by atoms with Crippen LogP contribution >= 0.6 is 0 Å². The molecule has 21 heavy (non-hydrogen) atoms. The maximum atomic E-state index is 11.5. The molecule has 1 heterocycles. The van der Waals surface area contributed by atoms with Crippen LogP contribution in [-0.4, -0.2) is 63.4 Å². The zero-order chi connectivity index (χ0) is 15.5. The van der Waals surface area contributed by atoms with Crippen LogP contribution in [-0.2, 0) is 28.6 Å². The Morgan fingerprint density at radius 2 is 2.00 bits per heavy atom. The molecule has 1 aliphatic heterocycles. The number of hydrogen-bond acceptors (Lipinski definition) is 6. The zero-order valence-electron chi connectivity index (χ0n) is 12.2. The van der Waals surface area contributed by atoms with Crippen LogP contribution in [0.25, 0.3) is 0 Å². The van der Waals surface area contributed by atoms with E-state index in [9.17, 15) is 14.4 Å². The summed E-state index contributed by atoms with van der Waals surface area (Å²) in [4.78, 5) is 34.2. The minimum Gasteiger partial charge on any atom is -0.464 e. The predicted molar refractivity (Wildman–Crippen MR) is 72.4 cm³/mol. The van der Waals surface area contributed by atoms with E-state index < -0.39 is 23.8 Å². The molecule has 0 aromatic rings. The molecule has 120 valence electrons. The highest BCUT2D eigenvalue weighted by atomic mass is 16.5. The van der Waals surface area contributed by atoms with Gasteiger partial charge in [0.15, 0.2) is 0 Å². The van der Waals surface area contributed by atoms with Gasteiger partial charge in [-0.25, -0.2) is 4.79 Å². The Bertz CT molecular complexity index is 361. The molecule has 2 N–H and O–H groups in total. The van der Waals surface area contributed by atoms with Crippen molar-refractivity contribution in [1.82, 2.24) is 10.6 Å². The quantitative estimate of drug-likeness (QED) is 0.304. The molecule has 1 saturated heterocycles. The van der Waals surface area contributed by atoms with Gasteiger partial charge in [0.2, 0.25) is 11.8 Å². The summed E-state index contributed by atoms with van der Waals surface area (Å²) in [7, 11) is 0. The molecule has 1 atom stereocenters. The Morgan fingerprint density at radius 3 is 2.67 bits per heavy atom. The van der Waals surface area contributed by atoms with Crippen LogP contribution < -0.4 is 10.6 Å². The van der Waals surface area contributed by atoms with Gasteiger partial charge >= 0.3 is 5.97 Å². The van der Waals surface area contributed by atoms with E-state index in [1.165, 1.54) is 0 Å². The van der Waals surface area contributed by atoms with Crippen molar-refractivity contribution in [1.29, 1.82) is 0 Å². The normalized spacial score (nSPS) is 17.4. The number of amides is 2. The van der Waals surface area contributed by atoms with Crippen LogP contribution in [0.15, 0.2) is 0 Å². The molecule has 0 radical (unpaired) electrons.